The zero-order valence-electron chi connectivity index (χ0n) is 13.8. The SMILES string of the molecule is O=C(Nc1ccc(Nc2ccc3c(c2)OCO3)nn1)C1CCCCC1. The third-order valence-electron chi connectivity index (χ3n) is 4.54. The number of ether oxygens (including phenoxy) is 2. The standard InChI is InChI=1S/C18H20N4O3/c23-18(12-4-2-1-3-5-12)20-17-9-8-16(21-22-17)19-13-6-7-14-15(10-13)25-11-24-14/h6-10,12H,1-5,11H2,(H,19,21)(H,20,22,23). The highest BCUT2D eigenvalue weighted by Gasteiger charge is 2.21. The van der Waals surface area contributed by atoms with Gasteiger partial charge in [0.15, 0.2) is 23.1 Å². The molecule has 1 aromatic heterocycles. The monoisotopic (exact) mass is 340 g/mol. The van der Waals surface area contributed by atoms with Gasteiger partial charge >= 0.3 is 0 Å². The maximum Gasteiger partial charge on any atom is 0.231 e. The Labute approximate surface area is 145 Å². The van der Waals surface area contributed by atoms with E-state index in [0.29, 0.717) is 17.4 Å². The van der Waals surface area contributed by atoms with E-state index >= 15 is 0 Å². The van der Waals surface area contributed by atoms with Crippen LogP contribution in [0.15, 0.2) is 30.3 Å². The van der Waals surface area contributed by atoms with Gasteiger partial charge in [0.2, 0.25) is 12.7 Å². The molecule has 2 aromatic rings. The molecule has 0 atom stereocenters. The lowest BCUT2D eigenvalue weighted by atomic mass is 9.89. The number of rotatable bonds is 4. The van der Waals surface area contributed by atoms with Crippen LogP contribution in [0.3, 0.4) is 0 Å². The first-order chi connectivity index (χ1) is 12.3. The summed E-state index contributed by atoms with van der Waals surface area (Å²) in [6, 6.07) is 9.12. The van der Waals surface area contributed by atoms with Gasteiger partial charge in [-0.2, -0.15) is 0 Å². The predicted molar refractivity (Wildman–Crippen MR) is 93.1 cm³/mol. The van der Waals surface area contributed by atoms with E-state index in [0.717, 1.165) is 37.1 Å². The number of anilines is 3. The highest BCUT2D eigenvalue weighted by molar-refractivity contribution is 5.91. The average Bonchev–Trinajstić information content (AvgIpc) is 3.12. The van der Waals surface area contributed by atoms with E-state index in [9.17, 15) is 4.79 Å². The molecule has 130 valence electrons. The number of hydrogen-bond donors (Lipinski definition) is 2. The van der Waals surface area contributed by atoms with Crippen LogP contribution in [0.1, 0.15) is 32.1 Å². The Morgan fingerprint density at radius 1 is 0.960 bits per heavy atom. The van der Waals surface area contributed by atoms with Gasteiger partial charge in [-0.05, 0) is 37.1 Å². The van der Waals surface area contributed by atoms with Crippen LogP contribution in [0.2, 0.25) is 0 Å². The molecule has 1 fully saturated rings. The molecule has 4 rings (SSSR count). The maximum absolute atomic E-state index is 12.2. The summed E-state index contributed by atoms with van der Waals surface area (Å²) in [6.07, 6.45) is 5.40. The minimum atomic E-state index is 0.0467. The molecule has 7 heteroatoms. The van der Waals surface area contributed by atoms with E-state index in [1.165, 1.54) is 6.42 Å². The molecule has 1 saturated carbocycles. The third-order valence-corrected chi connectivity index (χ3v) is 4.54. The molecule has 1 aromatic carbocycles. The number of benzene rings is 1. The van der Waals surface area contributed by atoms with Crippen molar-refractivity contribution in [3.8, 4) is 11.5 Å². The van der Waals surface area contributed by atoms with Crippen molar-refractivity contribution in [1.29, 1.82) is 0 Å². The molecule has 1 aliphatic heterocycles. The van der Waals surface area contributed by atoms with Crippen LogP contribution in [0, 0.1) is 5.92 Å². The second-order valence-corrected chi connectivity index (χ2v) is 6.32. The van der Waals surface area contributed by atoms with Crippen molar-refractivity contribution >= 4 is 23.2 Å². The summed E-state index contributed by atoms with van der Waals surface area (Å²) in [5.74, 6) is 2.65. The van der Waals surface area contributed by atoms with Crippen LogP contribution in [-0.4, -0.2) is 22.9 Å². The van der Waals surface area contributed by atoms with Crippen molar-refractivity contribution in [1.82, 2.24) is 10.2 Å². The highest BCUT2D eigenvalue weighted by atomic mass is 16.7. The molecule has 0 unspecified atom stereocenters. The fraction of sp³-hybridized carbons (Fsp3) is 0.389. The van der Waals surface area contributed by atoms with Crippen LogP contribution < -0.4 is 20.1 Å². The van der Waals surface area contributed by atoms with Crippen molar-refractivity contribution in [3.63, 3.8) is 0 Å². The van der Waals surface area contributed by atoms with Gasteiger partial charge in [0, 0.05) is 17.7 Å². The summed E-state index contributed by atoms with van der Waals surface area (Å²) in [5.41, 5.74) is 0.831. The minimum Gasteiger partial charge on any atom is -0.454 e. The topological polar surface area (TPSA) is 85.4 Å². The molecular weight excluding hydrogens is 320 g/mol. The zero-order chi connectivity index (χ0) is 17.1. The Morgan fingerprint density at radius 3 is 2.52 bits per heavy atom. The molecule has 2 N–H and O–H groups in total. The summed E-state index contributed by atoms with van der Waals surface area (Å²) in [7, 11) is 0. The lowest BCUT2D eigenvalue weighted by Gasteiger charge is -2.20. The fourth-order valence-corrected chi connectivity index (χ4v) is 3.18. The van der Waals surface area contributed by atoms with Crippen LogP contribution >= 0.6 is 0 Å². The van der Waals surface area contributed by atoms with Crippen LogP contribution in [0.5, 0.6) is 11.5 Å². The van der Waals surface area contributed by atoms with E-state index in [-0.39, 0.29) is 18.6 Å². The first-order valence-corrected chi connectivity index (χ1v) is 8.59. The Balaban J connectivity index is 1.37. The van der Waals surface area contributed by atoms with Crippen molar-refractivity contribution in [2.24, 2.45) is 5.92 Å². The van der Waals surface area contributed by atoms with Crippen LogP contribution in [-0.2, 0) is 4.79 Å². The largest absolute Gasteiger partial charge is 0.454 e. The third kappa shape index (κ3) is 3.65. The van der Waals surface area contributed by atoms with Crippen LogP contribution in [0.4, 0.5) is 17.3 Å². The number of hydrogen-bond acceptors (Lipinski definition) is 6. The van der Waals surface area contributed by atoms with E-state index < -0.39 is 0 Å². The molecule has 0 radical (unpaired) electrons. The minimum absolute atomic E-state index is 0.0467. The number of carbonyl (C=O) groups excluding carboxylic acids is 1. The number of nitrogens with zero attached hydrogens (tertiary/aromatic N) is 2. The van der Waals surface area contributed by atoms with Gasteiger partial charge in [-0.15, -0.1) is 10.2 Å². The number of aromatic nitrogens is 2. The Morgan fingerprint density at radius 2 is 1.72 bits per heavy atom. The lowest BCUT2D eigenvalue weighted by Crippen LogP contribution is -2.25. The molecule has 0 saturated heterocycles. The lowest BCUT2D eigenvalue weighted by molar-refractivity contribution is -0.120. The molecule has 0 spiro atoms. The first kappa shape index (κ1) is 15.7. The molecule has 25 heavy (non-hydrogen) atoms. The average molecular weight is 340 g/mol. The summed E-state index contributed by atoms with van der Waals surface area (Å²) in [4.78, 5) is 12.2. The molecule has 0 bridgehead atoms. The Bertz CT molecular complexity index is 757. The van der Waals surface area contributed by atoms with Gasteiger partial charge in [-0.1, -0.05) is 19.3 Å². The molecular formula is C18H20N4O3. The van der Waals surface area contributed by atoms with Gasteiger partial charge in [0.1, 0.15) is 0 Å². The van der Waals surface area contributed by atoms with Crippen LogP contribution in [0.25, 0.3) is 0 Å². The highest BCUT2D eigenvalue weighted by Crippen LogP contribution is 2.34. The van der Waals surface area contributed by atoms with E-state index in [4.69, 9.17) is 9.47 Å². The predicted octanol–water partition coefficient (Wildman–Crippen LogP) is 3.47. The second-order valence-electron chi connectivity index (χ2n) is 6.32. The second kappa shape index (κ2) is 6.96. The first-order valence-electron chi connectivity index (χ1n) is 8.59. The maximum atomic E-state index is 12.2. The van der Waals surface area contributed by atoms with Gasteiger partial charge in [-0.3, -0.25) is 4.79 Å². The fourth-order valence-electron chi connectivity index (χ4n) is 3.18. The quantitative estimate of drug-likeness (QED) is 0.886. The zero-order valence-corrected chi connectivity index (χ0v) is 13.8. The number of amides is 1. The van der Waals surface area contributed by atoms with Crippen molar-refractivity contribution in [2.45, 2.75) is 32.1 Å². The molecule has 1 amide bonds. The number of fused-ring (bicyclic) bond motifs is 1. The molecule has 7 nitrogen and oxygen atoms in total. The van der Waals surface area contributed by atoms with Gasteiger partial charge in [0.25, 0.3) is 0 Å². The molecule has 1 aliphatic carbocycles. The number of carbonyl (C=O) groups is 1. The van der Waals surface area contributed by atoms with Crippen molar-refractivity contribution in [3.05, 3.63) is 30.3 Å². The number of nitrogens with one attached hydrogen (secondary N) is 2. The van der Waals surface area contributed by atoms with Crippen molar-refractivity contribution < 1.29 is 14.3 Å². The molecule has 2 aliphatic rings. The Hall–Kier alpha value is -2.83. The van der Waals surface area contributed by atoms with Gasteiger partial charge in [-0.25, -0.2) is 0 Å². The van der Waals surface area contributed by atoms with E-state index in [1.807, 2.05) is 18.2 Å². The van der Waals surface area contributed by atoms with E-state index in [2.05, 4.69) is 20.8 Å². The van der Waals surface area contributed by atoms with E-state index in [1.54, 1.807) is 12.1 Å². The smallest absolute Gasteiger partial charge is 0.231 e. The van der Waals surface area contributed by atoms with Gasteiger partial charge < -0.3 is 20.1 Å². The molecule has 2 heterocycles. The Kier molecular flexibility index (Phi) is 4.37. The van der Waals surface area contributed by atoms with Gasteiger partial charge in [0.05, 0.1) is 0 Å². The normalized spacial score (nSPS) is 16.5. The summed E-state index contributed by atoms with van der Waals surface area (Å²) in [6.45, 7) is 0.244. The summed E-state index contributed by atoms with van der Waals surface area (Å²) >= 11 is 0. The summed E-state index contributed by atoms with van der Waals surface area (Å²) < 4.78 is 10.6. The van der Waals surface area contributed by atoms with Crippen molar-refractivity contribution in [2.75, 3.05) is 17.4 Å². The summed E-state index contributed by atoms with van der Waals surface area (Å²) in [5, 5.41) is 14.2.